The van der Waals surface area contributed by atoms with Crippen LogP contribution < -0.4 is 10.6 Å². The molecule has 0 radical (unpaired) electrons. The third-order valence-corrected chi connectivity index (χ3v) is 3.63. The fraction of sp³-hybridized carbons (Fsp3) is 0.375. The molecule has 0 aliphatic rings. The van der Waals surface area contributed by atoms with Gasteiger partial charge in [-0.2, -0.15) is 5.10 Å². The van der Waals surface area contributed by atoms with Crippen LogP contribution in [0.1, 0.15) is 36.7 Å². The van der Waals surface area contributed by atoms with Crippen LogP contribution in [0.3, 0.4) is 0 Å². The van der Waals surface area contributed by atoms with Crippen molar-refractivity contribution in [1.29, 1.82) is 0 Å². The minimum atomic E-state index is -0.0541. The largest absolute Gasteiger partial charge is 0.326 e. The third-order valence-electron chi connectivity index (χ3n) is 3.63. The first-order chi connectivity index (χ1) is 9.97. The Morgan fingerprint density at radius 1 is 1.33 bits per heavy atom. The van der Waals surface area contributed by atoms with Gasteiger partial charge in [-0.1, -0.05) is 12.1 Å². The average Bonchev–Trinajstić information content (AvgIpc) is 2.77. The summed E-state index contributed by atoms with van der Waals surface area (Å²) in [7, 11) is 1.95. The molecule has 1 atom stereocenters. The van der Waals surface area contributed by atoms with Crippen LogP contribution in [-0.4, -0.2) is 15.7 Å². The quantitative estimate of drug-likeness (QED) is 0.888. The maximum absolute atomic E-state index is 11.0. The van der Waals surface area contributed by atoms with E-state index in [9.17, 15) is 4.79 Å². The van der Waals surface area contributed by atoms with E-state index >= 15 is 0 Å². The van der Waals surface area contributed by atoms with Crippen LogP contribution in [0.2, 0.25) is 0 Å². The normalized spacial score (nSPS) is 12.2. The van der Waals surface area contributed by atoms with Gasteiger partial charge in [-0.25, -0.2) is 0 Å². The topological polar surface area (TPSA) is 59.0 Å². The number of benzene rings is 1. The molecular formula is C16H22N4O. The van der Waals surface area contributed by atoms with Crippen molar-refractivity contribution in [2.75, 3.05) is 5.32 Å². The monoisotopic (exact) mass is 286 g/mol. The molecule has 112 valence electrons. The van der Waals surface area contributed by atoms with Gasteiger partial charge in [0.2, 0.25) is 5.91 Å². The van der Waals surface area contributed by atoms with Crippen molar-refractivity contribution in [2.45, 2.75) is 33.4 Å². The van der Waals surface area contributed by atoms with Crippen LogP contribution in [0, 0.1) is 6.92 Å². The molecule has 0 aliphatic heterocycles. The number of anilines is 1. The van der Waals surface area contributed by atoms with Gasteiger partial charge in [-0.3, -0.25) is 9.48 Å². The minimum absolute atomic E-state index is 0.0541. The summed E-state index contributed by atoms with van der Waals surface area (Å²) in [5, 5.41) is 10.5. The van der Waals surface area contributed by atoms with Gasteiger partial charge < -0.3 is 10.6 Å². The molecule has 1 heterocycles. The van der Waals surface area contributed by atoms with Gasteiger partial charge in [0, 0.05) is 43.5 Å². The van der Waals surface area contributed by atoms with Crippen molar-refractivity contribution < 1.29 is 4.79 Å². The number of nitrogens with one attached hydrogen (secondary N) is 2. The Bertz CT molecular complexity index is 616. The van der Waals surface area contributed by atoms with E-state index in [4.69, 9.17) is 0 Å². The highest BCUT2D eigenvalue weighted by molar-refractivity contribution is 5.88. The van der Waals surface area contributed by atoms with Crippen LogP contribution in [0.25, 0.3) is 0 Å². The van der Waals surface area contributed by atoms with Gasteiger partial charge in [-0.15, -0.1) is 0 Å². The lowest BCUT2D eigenvalue weighted by Crippen LogP contribution is -2.18. The molecule has 0 fully saturated rings. The molecule has 0 spiro atoms. The lowest BCUT2D eigenvalue weighted by Gasteiger charge is -2.14. The van der Waals surface area contributed by atoms with Crippen LogP contribution in [-0.2, 0) is 18.4 Å². The summed E-state index contributed by atoms with van der Waals surface area (Å²) in [4.78, 5) is 11.0. The zero-order valence-corrected chi connectivity index (χ0v) is 13.0. The Labute approximate surface area is 125 Å². The zero-order valence-electron chi connectivity index (χ0n) is 13.0. The van der Waals surface area contributed by atoms with Gasteiger partial charge in [0.25, 0.3) is 0 Å². The summed E-state index contributed by atoms with van der Waals surface area (Å²) < 4.78 is 1.88. The fourth-order valence-electron chi connectivity index (χ4n) is 2.23. The number of hydrogen-bond acceptors (Lipinski definition) is 3. The SMILES string of the molecule is CC(=O)Nc1ccc(CNC(C)c2cnn(C)c2C)cc1. The number of aromatic nitrogens is 2. The van der Waals surface area contributed by atoms with Crippen molar-refractivity contribution >= 4 is 11.6 Å². The Morgan fingerprint density at radius 3 is 2.52 bits per heavy atom. The second-order valence-electron chi connectivity index (χ2n) is 5.29. The van der Waals surface area contributed by atoms with Crippen LogP contribution in [0.5, 0.6) is 0 Å². The highest BCUT2D eigenvalue weighted by Crippen LogP contribution is 2.17. The van der Waals surface area contributed by atoms with Crippen molar-refractivity contribution in [3.63, 3.8) is 0 Å². The molecule has 1 aromatic carbocycles. The standard InChI is InChI=1S/C16H22N4O/c1-11(16-10-18-20(4)12(16)2)17-9-14-5-7-15(8-6-14)19-13(3)21/h5-8,10-11,17H,9H2,1-4H3,(H,19,21). The first kappa shape index (κ1) is 15.3. The molecule has 0 aliphatic carbocycles. The van der Waals surface area contributed by atoms with Gasteiger partial charge in [0.1, 0.15) is 0 Å². The summed E-state index contributed by atoms with van der Waals surface area (Å²) in [5.74, 6) is -0.0541. The summed E-state index contributed by atoms with van der Waals surface area (Å²) in [6.45, 7) is 6.49. The Hall–Kier alpha value is -2.14. The molecule has 2 rings (SSSR count). The molecule has 0 saturated heterocycles. The second kappa shape index (κ2) is 6.54. The van der Waals surface area contributed by atoms with Gasteiger partial charge in [0.15, 0.2) is 0 Å². The maximum Gasteiger partial charge on any atom is 0.221 e. The number of carbonyl (C=O) groups excluding carboxylic acids is 1. The van der Waals surface area contributed by atoms with E-state index < -0.39 is 0 Å². The van der Waals surface area contributed by atoms with Crippen molar-refractivity contribution in [2.24, 2.45) is 7.05 Å². The summed E-state index contributed by atoms with van der Waals surface area (Å²) >= 11 is 0. The maximum atomic E-state index is 11.0. The molecule has 5 nitrogen and oxygen atoms in total. The molecule has 0 saturated carbocycles. The smallest absolute Gasteiger partial charge is 0.221 e. The predicted molar refractivity (Wildman–Crippen MR) is 83.9 cm³/mol. The van der Waals surface area contributed by atoms with Crippen molar-refractivity contribution in [3.05, 3.63) is 47.3 Å². The minimum Gasteiger partial charge on any atom is -0.326 e. The molecule has 1 unspecified atom stereocenters. The Morgan fingerprint density at radius 2 is 2.00 bits per heavy atom. The number of rotatable bonds is 5. The van der Waals surface area contributed by atoms with E-state index in [1.165, 1.54) is 23.7 Å². The molecule has 2 N–H and O–H groups in total. The van der Waals surface area contributed by atoms with Crippen LogP contribution in [0.4, 0.5) is 5.69 Å². The van der Waals surface area contributed by atoms with E-state index in [1.807, 2.05) is 42.2 Å². The molecule has 1 amide bonds. The first-order valence-corrected chi connectivity index (χ1v) is 7.05. The molecular weight excluding hydrogens is 264 g/mol. The van der Waals surface area contributed by atoms with Gasteiger partial charge in [-0.05, 0) is 31.5 Å². The number of aryl methyl sites for hydroxylation is 1. The number of hydrogen-bond donors (Lipinski definition) is 2. The third kappa shape index (κ3) is 3.92. The number of carbonyl (C=O) groups is 1. The van der Waals surface area contributed by atoms with E-state index in [-0.39, 0.29) is 11.9 Å². The molecule has 1 aromatic heterocycles. The van der Waals surface area contributed by atoms with Crippen molar-refractivity contribution in [3.8, 4) is 0 Å². The van der Waals surface area contributed by atoms with Gasteiger partial charge in [0.05, 0.1) is 6.20 Å². The fourth-order valence-corrected chi connectivity index (χ4v) is 2.23. The number of nitrogens with zero attached hydrogens (tertiary/aromatic N) is 2. The second-order valence-corrected chi connectivity index (χ2v) is 5.29. The Balaban J connectivity index is 1.93. The predicted octanol–water partition coefficient (Wildman–Crippen LogP) is 2.54. The molecule has 2 aromatic rings. The zero-order chi connectivity index (χ0) is 15.4. The summed E-state index contributed by atoms with van der Waals surface area (Å²) in [5.41, 5.74) is 4.39. The van der Waals surface area contributed by atoms with Crippen LogP contribution in [0.15, 0.2) is 30.5 Å². The summed E-state index contributed by atoms with van der Waals surface area (Å²) in [6.07, 6.45) is 1.91. The first-order valence-electron chi connectivity index (χ1n) is 7.05. The van der Waals surface area contributed by atoms with Crippen molar-refractivity contribution in [1.82, 2.24) is 15.1 Å². The lowest BCUT2D eigenvalue weighted by atomic mass is 10.1. The van der Waals surface area contributed by atoms with Gasteiger partial charge >= 0.3 is 0 Å². The highest BCUT2D eigenvalue weighted by atomic mass is 16.1. The summed E-state index contributed by atoms with van der Waals surface area (Å²) in [6, 6.07) is 8.10. The highest BCUT2D eigenvalue weighted by Gasteiger charge is 2.11. The molecule has 21 heavy (non-hydrogen) atoms. The van der Waals surface area contributed by atoms with E-state index in [2.05, 4.69) is 29.6 Å². The average molecular weight is 286 g/mol. The lowest BCUT2D eigenvalue weighted by molar-refractivity contribution is -0.114. The van der Waals surface area contributed by atoms with E-state index in [0.717, 1.165) is 12.2 Å². The number of amides is 1. The van der Waals surface area contributed by atoms with E-state index in [0.29, 0.717) is 0 Å². The molecule has 5 heteroatoms. The Kier molecular flexibility index (Phi) is 4.75. The molecule has 0 bridgehead atoms. The van der Waals surface area contributed by atoms with Crippen LogP contribution >= 0.6 is 0 Å². The van der Waals surface area contributed by atoms with E-state index in [1.54, 1.807) is 0 Å².